The highest BCUT2D eigenvalue weighted by atomic mass is 35.5. The second-order valence-corrected chi connectivity index (χ2v) is 9.51. The Morgan fingerprint density at radius 1 is 1.25 bits per heavy atom. The first kappa shape index (κ1) is 24.6. The van der Waals surface area contributed by atoms with Crippen molar-refractivity contribution in [1.82, 2.24) is 24.5 Å². The molecule has 2 fully saturated rings. The molecular weight excluding hydrogens is 494 g/mol. The van der Waals surface area contributed by atoms with E-state index < -0.39 is 23.7 Å². The normalized spacial score (nSPS) is 20.1. The molecule has 2 atom stereocenters. The Labute approximate surface area is 211 Å². The number of aromatic nitrogens is 5. The van der Waals surface area contributed by atoms with Gasteiger partial charge in [-0.05, 0) is 20.3 Å². The van der Waals surface area contributed by atoms with E-state index in [0.29, 0.717) is 42.3 Å². The molecule has 0 aliphatic carbocycles. The number of hydrogen-bond donors (Lipinski definition) is 0. The molecule has 0 unspecified atom stereocenters. The third-order valence-electron chi connectivity index (χ3n) is 6.60. The van der Waals surface area contributed by atoms with Crippen molar-refractivity contribution >= 4 is 17.3 Å². The molecule has 0 spiro atoms. The average Bonchev–Trinajstić information content (AvgIpc) is 3.30. The number of rotatable bonds is 7. The number of pyridine rings is 1. The summed E-state index contributed by atoms with van der Waals surface area (Å²) in [5.41, 5.74) is 2.37. The Morgan fingerprint density at radius 2 is 2.03 bits per heavy atom. The van der Waals surface area contributed by atoms with E-state index in [0.717, 1.165) is 18.3 Å². The summed E-state index contributed by atoms with van der Waals surface area (Å²) in [5.74, 6) is -0.421. The molecule has 2 aliphatic heterocycles. The lowest BCUT2D eigenvalue weighted by molar-refractivity contribution is -0.0295. The maximum absolute atomic E-state index is 15.0. The summed E-state index contributed by atoms with van der Waals surface area (Å²) in [6, 6.07) is 1.60. The lowest BCUT2D eigenvalue weighted by atomic mass is 10.0. The number of halogens is 3. The molecule has 9 nitrogen and oxygen atoms in total. The van der Waals surface area contributed by atoms with Crippen LogP contribution in [-0.2, 0) is 11.3 Å². The fourth-order valence-electron chi connectivity index (χ4n) is 4.69. The van der Waals surface area contributed by atoms with Crippen molar-refractivity contribution in [2.75, 3.05) is 31.2 Å². The Balaban J connectivity index is 1.37. The maximum atomic E-state index is 15.0. The van der Waals surface area contributed by atoms with E-state index in [2.05, 4.69) is 15.2 Å². The molecule has 192 valence electrons. The summed E-state index contributed by atoms with van der Waals surface area (Å²) in [4.78, 5) is 18.1. The minimum absolute atomic E-state index is 0.00619. The van der Waals surface area contributed by atoms with E-state index in [4.69, 9.17) is 21.1 Å². The zero-order chi connectivity index (χ0) is 25.6. The minimum Gasteiger partial charge on any atom is -0.469 e. The predicted octanol–water partition coefficient (Wildman–Crippen LogP) is 3.50. The lowest BCUT2D eigenvalue weighted by Crippen LogP contribution is -2.32. The highest BCUT2D eigenvalue weighted by Gasteiger charge is 2.37. The average molecular weight is 521 g/mol. The van der Waals surface area contributed by atoms with E-state index in [1.807, 2.05) is 25.5 Å². The van der Waals surface area contributed by atoms with E-state index in [-0.39, 0.29) is 30.0 Å². The van der Waals surface area contributed by atoms with Gasteiger partial charge in [-0.15, -0.1) is 0 Å². The Hall–Kier alpha value is -3.05. The molecule has 3 aromatic rings. The van der Waals surface area contributed by atoms with Crippen LogP contribution in [0, 0.1) is 19.7 Å². The summed E-state index contributed by atoms with van der Waals surface area (Å²) in [6.07, 6.45) is 1.01. The van der Waals surface area contributed by atoms with E-state index in [1.165, 1.54) is 16.9 Å². The zero-order valence-electron chi connectivity index (χ0n) is 20.2. The fourth-order valence-corrected chi connectivity index (χ4v) is 4.96. The summed E-state index contributed by atoms with van der Waals surface area (Å²) < 4.78 is 44.1. The number of alkyl halides is 1. The highest BCUT2D eigenvalue weighted by Crippen LogP contribution is 2.34. The van der Waals surface area contributed by atoms with Crippen LogP contribution in [0.15, 0.2) is 23.3 Å². The molecule has 0 saturated carbocycles. The van der Waals surface area contributed by atoms with Crippen LogP contribution in [-0.4, -0.2) is 63.1 Å². The molecule has 36 heavy (non-hydrogen) atoms. The quantitative estimate of drug-likeness (QED) is 0.471. The van der Waals surface area contributed by atoms with Gasteiger partial charge in [0.2, 0.25) is 5.88 Å². The number of nitrogens with zero attached hydrogens (tertiary/aromatic N) is 6. The van der Waals surface area contributed by atoms with E-state index >= 15 is 0 Å². The van der Waals surface area contributed by atoms with Gasteiger partial charge in [-0.1, -0.05) is 18.5 Å². The van der Waals surface area contributed by atoms with Gasteiger partial charge in [-0.3, -0.25) is 9.48 Å². The summed E-state index contributed by atoms with van der Waals surface area (Å²) >= 11 is 6.30. The molecular formula is C24H27ClF2N6O3. The summed E-state index contributed by atoms with van der Waals surface area (Å²) in [7, 11) is 0. The second-order valence-electron chi connectivity index (χ2n) is 9.13. The van der Waals surface area contributed by atoms with Crippen LogP contribution in [0.5, 0.6) is 5.88 Å². The molecule has 12 heteroatoms. The van der Waals surface area contributed by atoms with E-state index in [9.17, 15) is 13.6 Å². The smallest absolute Gasteiger partial charge is 0.287 e. The van der Waals surface area contributed by atoms with Crippen molar-refractivity contribution in [3.8, 4) is 17.0 Å². The molecule has 0 radical (unpaired) electrons. The number of aryl methyl sites for hydroxylation is 2. The van der Waals surface area contributed by atoms with Gasteiger partial charge in [-0.2, -0.15) is 10.2 Å². The third kappa shape index (κ3) is 4.34. The molecule has 2 saturated heterocycles. The van der Waals surface area contributed by atoms with Crippen LogP contribution in [0.1, 0.15) is 30.8 Å². The van der Waals surface area contributed by atoms with Gasteiger partial charge in [-0.25, -0.2) is 18.4 Å². The predicted molar refractivity (Wildman–Crippen MR) is 130 cm³/mol. The molecule has 0 N–H and O–H groups in total. The Kier molecular flexibility index (Phi) is 6.69. The standard InChI is InChI=1S/C24H27ClF2N6O3/c1-4-5-32-24(34)23(25)19(8-29-32)31-9-18(27)20(10-31)36-21-6-16(17(26)7-28-21)22-13(2)30-33(14(22)3)15-11-35-12-15/h6-8,15,18,20H,4-5,9-12H2,1-3H3/t18-,20-/m0/s1. The SMILES string of the molecule is CCCn1ncc(N2C[C@H](Oc3cc(-c4c(C)nn(C5COC5)c4C)c(F)cn3)[C@@H](F)C2)c(Cl)c1=O. The molecule has 2 aliphatic rings. The van der Waals surface area contributed by atoms with Gasteiger partial charge in [0, 0.05) is 29.4 Å². The van der Waals surface area contributed by atoms with Crippen LogP contribution in [0.4, 0.5) is 14.5 Å². The monoisotopic (exact) mass is 520 g/mol. The maximum Gasteiger partial charge on any atom is 0.287 e. The van der Waals surface area contributed by atoms with Crippen molar-refractivity contribution in [2.45, 2.75) is 52.1 Å². The summed E-state index contributed by atoms with van der Waals surface area (Å²) in [5, 5.41) is 8.71. The van der Waals surface area contributed by atoms with Crippen molar-refractivity contribution in [3.63, 3.8) is 0 Å². The van der Waals surface area contributed by atoms with Gasteiger partial charge in [0.05, 0.1) is 56.1 Å². The van der Waals surface area contributed by atoms with Gasteiger partial charge in [0.25, 0.3) is 5.56 Å². The van der Waals surface area contributed by atoms with Gasteiger partial charge in [0.1, 0.15) is 10.8 Å². The summed E-state index contributed by atoms with van der Waals surface area (Å²) in [6.45, 7) is 7.32. The molecule has 3 aromatic heterocycles. The third-order valence-corrected chi connectivity index (χ3v) is 6.96. The van der Waals surface area contributed by atoms with Crippen LogP contribution in [0.25, 0.3) is 11.1 Å². The molecule has 5 heterocycles. The van der Waals surface area contributed by atoms with Crippen LogP contribution < -0.4 is 15.2 Å². The number of hydrogen-bond acceptors (Lipinski definition) is 7. The number of ether oxygens (including phenoxy) is 2. The van der Waals surface area contributed by atoms with Crippen molar-refractivity contribution in [1.29, 1.82) is 0 Å². The van der Waals surface area contributed by atoms with Gasteiger partial charge >= 0.3 is 0 Å². The van der Waals surface area contributed by atoms with Crippen LogP contribution in [0.2, 0.25) is 5.02 Å². The fraction of sp³-hybridized carbons (Fsp3) is 0.500. The minimum atomic E-state index is -1.38. The van der Waals surface area contributed by atoms with Crippen molar-refractivity contribution in [3.05, 3.63) is 51.0 Å². The number of anilines is 1. The Bertz CT molecular complexity index is 1340. The first-order valence-electron chi connectivity index (χ1n) is 11.9. The van der Waals surface area contributed by atoms with Crippen molar-refractivity contribution < 1.29 is 18.3 Å². The zero-order valence-corrected chi connectivity index (χ0v) is 21.0. The molecule has 5 rings (SSSR count). The van der Waals surface area contributed by atoms with Crippen LogP contribution in [0.3, 0.4) is 0 Å². The molecule has 0 bridgehead atoms. The largest absolute Gasteiger partial charge is 0.469 e. The van der Waals surface area contributed by atoms with Crippen LogP contribution >= 0.6 is 11.6 Å². The van der Waals surface area contributed by atoms with E-state index in [1.54, 1.807) is 4.90 Å². The lowest BCUT2D eigenvalue weighted by Gasteiger charge is -2.27. The Morgan fingerprint density at radius 3 is 2.72 bits per heavy atom. The first-order chi connectivity index (χ1) is 17.3. The molecule has 0 aromatic carbocycles. The van der Waals surface area contributed by atoms with Gasteiger partial charge in [0.15, 0.2) is 12.3 Å². The second kappa shape index (κ2) is 9.78. The highest BCUT2D eigenvalue weighted by molar-refractivity contribution is 6.33. The molecule has 0 amide bonds. The first-order valence-corrected chi connectivity index (χ1v) is 12.3. The van der Waals surface area contributed by atoms with Crippen molar-refractivity contribution in [2.24, 2.45) is 0 Å². The van der Waals surface area contributed by atoms with Gasteiger partial charge < -0.3 is 14.4 Å². The topological polar surface area (TPSA) is 87.3 Å².